The van der Waals surface area contributed by atoms with Gasteiger partial charge in [-0.25, -0.2) is 8.42 Å². The summed E-state index contributed by atoms with van der Waals surface area (Å²) in [5, 5.41) is 14.0. The van der Waals surface area contributed by atoms with Gasteiger partial charge in [-0.2, -0.15) is 9.40 Å². The third-order valence-corrected chi connectivity index (χ3v) is 7.99. The van der Waals surface area contributed by atoms with Crippen molar-refractivity contribution in [2.75, 3.05) is 7.05 Å². The van der Waals surface area contributed by atoms with Crippen LogP contribution in [0.2, 0.25) is 10.0 Å². The van der Waals surface area contributed by atoms with Crippen molar-refractivity contribution in [3.05, 3.63) is 70.0 Å². The van der Waals surface area contributed by atoms with Gasteiger partial charge in [0.25, 0.3) is 0 Å². The normalized spacial score (nSPS) is 15.9. The van der Waals surface area contributed by atoms with Gasteiger partial charge in [0, 0.05) is 23.3 Å². The van der Waals surface area contributed by atoms with Gasteiger partial charge in [-0.05, 0) is 61.7 Å². The van der Waals surface area contributed by atoms with E-state index >= 15 is 0 Å². The summed E-state index contributed by atoms with van der Waals surface area (Å²) in [6.45, 7) is -0.261. The van der Waals surface area contributed by atoms with Gasteiger partial charge in [-0.3, -0.25) is 9.48 Å². The lowest BCUT2D eigenvalue weighted by atomic mass is 9.93. The fraction of sp³-hybridized carbons (Fsp3) is 0.273. The van der Waals surface area contributed by atoms with Crippen molar-refractivity contribution in [3.63, 3.8) is 0 Å². The van der Waals surface area contributed by atoms with Crippen LogP contribution in [0.1, 0.15) is 30.1 Å². The lowest BCUT2D eigenvalue weighted by molar-refractivity contribution is -0.137. The zero-order valence-electron chi connectivity index (χ0n) is 17.6. The molecule has 1 aliphatic carbocycles. The summed E-state index contributed by atoms with van der Waals surface area (Å²) in [5.41, 5.74) is 1.47. The first-order chi connectivity index (χ1) is 15.7. The summed E-state index contributed by atoms with van der Waals surface area (Å²) in [6, 6.07) is 10.6. The molecule has 0 radical (unpaired) electrons. The predicted octanol–water partition coefficient (Wildman–Crippen LogP) is 4.76. The maximum atomic E-state index is 13.4. The van der Waals surface area contributed by atoms with Crippen LogP contribution in [-0.2, 0) is 27.8 Å². The number of rotatable bonds is 7. The highest BCUT2D eigenvalue weighted by Crippen LogP contribution is 2.38. The summed E-state index contributed by atoms with van der Waals surface area (Å²) in [5.74, 6) is -0.169. The molecule has 0 saturated carbocycles. The Morgan fingerprint density at radius 2 is 1.97 bits per heavy atom. The molecule has 0 saturated heterocycles. The van der Waals surface area contributed by atoms with Crippen LogP contribution in [0.25, 0.3) is 0 Å². The van der Waals surface area contributed by atoms with E-state index in [2.05, 4.69) is 5.10 Å². The minimum atomic E-state index is -3.89. The van der Waals surface area contributed by atoms with Crippen LogP contribution in [0.5, 0.6) is 11.5 Å². The largest absolute Gasteiger partial charge is 0.480 e. The molecular weight excluding hydrogens is 489 g/mol. The number of halogens is 2. The molecular formula is C22H21Cl2N3O5S. The standard InChI is InChI=1S/C22H21Cl2N3O5S/c1-26(19-3-2-4-20-17(19)12-25-27(20)13-22(28)29)33(30,31)16-9-10-21(18(24)11-16)32-15-7-5-14(23)6-8-15/h5-12,19H,2-4,13H2,1H3,(H,28,29). The first-order valence-corrected chi connectivity index (χ1v) is 12.3. The van der Waals surface area contributed by atoms with Crippen LogP contribution < -0.4 is 4.74 Å². The van der Waals surface area contributed by atoms with E-state index in [1.54, 1.807) is 30.5 Å². The van der Waals surface area contributed by atoms with Crippen LogP contribution in [0.15, 0.2) is 53.6 Å². The van der Waals surface area contributed by atoms with Crippen molar-refractivity contribution in [2.45, 2.75) is 36.7 Å². The number of carbonyl (C=O) groups is 1. The van der Waals surface area contributed by atoms with E-state index in [-0.39, 0.29) is 16.5 Å². The predicted molar refractivity (Wildman–Crippen MR) is 123 cm³/mol. The Balaban J connectivity index is 1.58. The Morgan fingerprint density at radius 1 is 1.24 bits per heavy atom. The fourth-order valence-corrected chi connectivity index (χ4v) is 5.73. The highest BCUT2D eigenvalue weighted by Gasteiger charge is 2.34. The highest BCUT2D eigenvalue weighted by molar-refractivity contribution is 7.89. The summed E-state index contributed by atoms with van der Waals surface area (Å²) >= 11 is 12.2. The molecule has 33 heavy (non-hydrogen) atoms. The second-order valence-electron chi connectivity index (χ2n) is 7.68. The number of aliphatic carboxylic acids is 1. The van der Waals surface area contributed by atoms with Crippen LogP contribution in [0.4, 0.5) is 0 Å². The highest BCUT2D eigenvalue weighted by atomic mass is 35.5. The molecule has 1 heterocycles. The van der Waals surface area contributed by atoms with E-state index in [0.29, 0.717) is 29.4 Å². The van der Waals surface area contributed by atoms with Crippen molar-refractivity contribution in [1.29, 1.82) is 0 Å². The summed E-state index contributed by atoms with van der Waals surface area (Å²) in [6.07, 6.45) is 3.53. The third-order valence-electron chi connectivity index (χ3n) is 5.58. The van der Waals surface area contributed by atoms with Gasteiger partial charge in [0.05, 0.1) is 22.2 Å². The number of fused-ring (bicyclic) bond motifs is 1. The van der Waals surface area contributed by atoms with Crippen molar-refractivity contribution >= 4 is 39.2 Å². The molecule has 174 valence electrons. The number of ether oxygens (including phenoxy) is 1. The number of hydrogen-bond donors (Lipinski definition) is 1. The molecule has 11 heteroatoms. The van der Waals surface area contributed by atoms with Crippen LogP contribution >= 0.6 is 23.2 Å². The second-order valence-corrected chi connectivity index (χ2v) is 10.5. The minimum absolute atomic E-state index is 0.0310. The van der Waals surface area contributed by atoms with Gasteiger partial charge in [-0.15, -0.1) is 0 Å². The topological polar surface area (TPSA) is 102 Å². The van der Waals surface area contributed by atoms with E-state index in [4.69, 9.17) is 33.0 Å². The number of sulfonamides is 1. The minimum Gasteiger partial charge on any atom is -0.480 e. The van der Waals surface area contributed by atoms with Gasteiger partial charge < -0.3 is 9.84 Å². The average molecular weight is 510 g/mol. The van der Waals surface area contributed by atoms with Gasteiger partial charge in [0.2, 0.25) is 10.0 Å². The molecule has 1 atom stereocenters. The molecule has 0 aliphatic heterocycles. The molecule has 0 amide bonds. The molecule has 3 aromatic rings. The van der Waals surface area contributed by atoms with Crippen LogP contribution in [-0.4, -0.2) is 40.6 Å². The molecule has 1 N–H and O–H groups in total. The molecule has 0 fully saturated rings. The molecule has 4 rings (SSSR count). The number of hydrogen-bond acceptors (Lipinski definition) is 5. The molecule has 1 unspecified atom stereocenters. The van der Waals surface area contributed by atoms with E-state index in [1.807, 2.05) is 0 Å². The zero-order valence-corrected chi connectivity index (χ0v) is 19.9. The number of carboxylic acids is 1. The second kappa shape index (κ2) is 9.34. The Morgan fingerprint density at radius 3 is 2.64 bits per heavy atom. The molecule has 2 aromatic carbocycles. The lowest BCUT2D eigenvalue weighted by Gasteiger charge is -2.31. The fourth-order valence-electron chi connectivity index (χ4n) is 3.93. The van der Waals surface area contributed by atoms with E-state index in [0.717, 1.165) is 17.7 Å². The van der Waals surface area contributed by atoms with Gasteiger partial charge in [-0.1, -0.05) is 23.2 Å². The van der Waals surface area contributed by atoms with Crippen LogP contribution in [0.3, 0.4) is 0 Å². The van der Waals surface area contributed by atoms with Gasteiger partial charge in [0.1, 0.15) is 18.0 Å². The summed E-state index contributed by atoms with van der Waals surface area (Å²) < 4.78 is 35.2. The molecule has 1 aliphatic rings. The number of carboxylic acid groups (broad SMARTS) is 1. The number of aromatic nitrogens is 2. The monoisotopic (exact) mass is 509 g/mol. The van der Waals surface area contributed by atoms with E-state index < -0.39 is 22.0 Å². The Hall–Kier alpha value is -2.59. The molecule has 1 aromatic heterocycles. The van der Waals surface area contributed by atoms with Crippen molar-refractivity contribution < 1.29 is 23.1 Å². The summed E-state index contributed by atoms with van der Waals surface area (Å²) in [7, 11) is -2.38. The Labute approximate surface area is 201 Å². The van der Waals surface area contributed by atoms with Gasteiger partial charge in [0.15, 0.2) is 0 Å². The average Bonchev–Trinajstić information content (AvgIpc) is 3.18. The number of benzene rings is 2. The smallest absolute Gasteiger partial charge is 0.325 e. The zero-order chi connectivity index (χ0) is 23.8. The van der Waals surface area contributed by atoms with Crippen molar-refractivity contribution in [3.8, 4) is 11.5 Å². The maximum absolute atomic E-state index is 13.4. The van der Waals surface area contributed by atoms with Crippen LogP contribution in [0, 0.1) is 0 Å². The van der Waals surface area contributed by atoms with Gasteiger partial charge >= 0.3 is 5.97 Å². The lowest BCUT2D eigenvalue weighted by Crippen LogP contribution is -2.33. The molecule has 8 nitrogen and oxygen atoms in total. The first-order valence-electron chi connectivity index (χ1n) is 10.1. The first kappa shape index (κ1) is 23.6. The van der Waals surface area contributed by atoms with E-state index in [9.17, 15) is 13.2 Å². The Bertz CT molecular complexity index is 1290. The maximum Gasteiger partial charge on any atom is 0.325 e. The Kier molecular flexibility index (Phi) is 6.67. The number of nitrogens with zero attached hydrogens (tertiary/aromatic N) is 3. The molecule has 0 spiro atoms. The SMILES string of the molecule is CN(C1CCCc2c1cnn2CC(=O)O)S(=O)(=O)c1ccc(Oc2ccc(Cl)cc2)c(Cl)c1. The quantitative estimate of drug-likeness (QED) is 0.492. The molecule has 0 bridgehead atoms. The van der Waals surface area contributed by atoms with Crippen molar-refractivity contribution in [1.82, 2.24) is 14.1 Å². The summed E-state index contributed by atoms with van der Waals surface area (Å²) in [4.78, 5) is 11.1. The van der Waals surface area contributed by atoms with E-state index in [1.165, 1.54) is 34.2 Å². The third kappa shape index (κ3) is 4.86. The van der Waals surface area contributed by atoms with Crippen molar-refractivity contribution in [2.24, 2.45) is 0 Å².